The summed E-state index contributed by atoms with van der Waals surface area (Å²) in [6.07, 6.45) is -4.59. The number of ether oxygens (including phenoxy) is 1. The van der Waals surface area contributed by atoms with E-state index in [1.807, 2.05) is 0 Å². The van der Waals surface area contributed by atoms with Crippen LogP contribution in [0.1, 0.15) is 18.2 Å². The van der Waals surface area contributed by atoms with Crippen LogP contribution >= 0.6 is 0 Å². The highest BCUT2D eigenvalue weighted by Crippen LogP contribution is 2.33. The van der Waals surface area contributed by atoms with Crippen LogP contribution in [0.25, 0.3) is 11.0 Å². The lowest BCUT2D eigenvalue weighted by atomic mass is 10.1. The fourth-order valence-electron chi connectivity index (χ4n) is 2.25. The molecule has 0 aromatic carbocycles. The van der Waals surface area contributed by atoms with E-state index in [0.717, 1.165) is 6.07 Å². The Morgan fingerprint density at radius 1 is 1.38 bits per heavy atom. The molecule has 0 amide bonds. The molecule has 0 aliphatic carbocycles. The number of aryl methyl sites for hydroxylation is 2. The molecule has 2 aromatic rings. The van der Waals surface area contributed by atoms with E-state index in [1.54, 1.807) is 6.92 Å². The lowest BCUT2D eigenvalue weighted by molar-refractivity contribution is -0.136. The second kappa shape index (κ2) is 5.51. The van der Waals surface area contributed by atoms with Crippen LogP contribution in [0.2, 0.25) is 0 Å². The summed E-state index contributed by atoms with van der Waals surface area (Å²) < 4.78 is 47.1. The van der Waals surface area contributed by atoms with Crippen LogP contribution < -0.4 is 5.56 Å². The number of hydrogen-bond donors (Lipinski definition) is 0. The zero-order valence-electron chi connectivity index (χ0n) is 12.0. The third kappa shape index (κ3) is 2.80. The van der Waals surface area contributed by atoms with Gasteiger partial charge in [-0.25, -0.2) is 9.67 Å². The summed E-state index contributed by atoms with van der Waals surface area (Å²) in [6.45, 7) is 4.17. The number of halogens is 3. The third-order valence-corrected chi connectivity index (χ3v) is 3.20. The fourth-order valence-corrected chi connectivity index (χ4v) is 2.25. The number of aromatic nitrogens is 3. The largest absolute Gasteiger partial charge is 0.417 e. The van der Waals surface area contributed by atoms with Gasteiger partial charge in [0, 0.05) is 19.3 Å². The maximum atomic E-state index is 13.1. The third-order valence-electron chi connectivity index (χ3n) is 3.20. The summed E-state index contributed by atoms with van der Waals surface area (Å²) in [4.78, 5) is 16.3. The first kappa shape index (κ1) is 15.6. The van der Waals surface area contributed by atoms with E-state index in [9.17, 15) is 18.0 Å². The van der Waals surface area contributed by atoms with Crippen molar-refractivity contribution in [3.8, 4) is 0 Å². The van der Waals surface area contributed by atoms with Crippen LogP contribution in [0.15, 0.2) is 10.9 Å². The van der Waals surface area contributed by atoms with Gasteiger partial charge in [-0.1, -0.05) is 0 Å². The van der Waals surface area contributed by atoms with E-state index in [-0.39, 0.29) is 24.5 Å². The smallest absolute Gasteiger partial charge is 0.380 e. The van der Waals surface area contributed by atoms with Gasteiger partial charge >= 0.3 is 6.18 Å². The van der Waals surface area contributed by atoms with Gasteiger partial charge in [0.2, 0.25) is 0 Å². The van der Waals surface area contributed by atoms with Crippen LogP contribution in [0.4, 0.5) is 13.2 Å². The number of fused-ring (bicyclic) bond motifs is 1. The van der Waals surface area contributed by atoms with E-state index in [4.69, 9.17) is 4.74 Å². The van der Waals surface area contributed by atoms with Gasteiger partial charge in [-0.2, -0.15) is 13.2 Å². The highest BCUT2D eigenvalue weighted by atomic mass is 19.4. The van der Waals surface area contributed by atoms with Gasteiger partial charge in [-0.15, -0.1) is 0 Å². The van der Waals surface area contributed by atoms with Crippen molar-refractivity contribution < 1.29 is 17.9 Å². The van der Waals surface area contributed by atoms with E-state index in [1.165, 1.54) is 23.3 Å². The van der Waals surface area contributed by atoms with Gasteiger partial charge in [0.25, 0.3) is 5.56 Å². The molecule has 2 aromatic heterocycles. The molecule has 0 radical (unpaired) electrons. The fraction of sp³-hybridized carbons (Fsp3) is 0.538. The summed E-state index contributed by atoms with van der Waals surface area (Å²) in [6, 6.07) is 0.899. The van der Waals surface area contributed by atoms with E-state index < -0.39 is 22.7 Å². The second-order valence-corrected chi connectivity index (χ2v) is 4.66. The average molecular weight is 303 g/mol. The summed E-state index contributed by atoms with van der Waals surface area (Å²) in [5.41, 5.74) is -1.40. The molecule has 8 heteroatoms. The molecule has 5 nitrogen and oxygen atoms in total. The standard InChI is InChI=1S/C13H16F3N3O2/c1-4-21-6-5-19-12(20)10-9(13(14,15)16)7-8(2)17-11(10)18(19)3/h7H,4-6H2,1-3H3. The maximum Gasteiger partial charge on any atom is 0.417 e. The topological polar surface area (TPSA) is 49.1 Å². The number of alkyl halides is 3. The molecular formula is C13H16F3N3O2. The van der Waals surface area contributed by atoms with Gasteiger partial charge in [-0.05, 0) is 19.9 Å². The normalized spacial score (nSPS) is 12.3. The minimum atomic E-state index is -4.59. The second-order valence-electron chi connectivity index (χ2n) is 4.66. The van der Waals surface area contributed by atoms with Crippen molar-refractivity contribution >= 4 is 11.0 Å². The monoisotopic (exact) mass is 303 g/mol. The average Bonchev–Trinajstić information content (AvgIpc) is 2.62. The zero-order chi connectivity index (χ0) is 15.8. The summed E-state index contributed by atoms with van der Waals surface area (Å²) in [7, 11) is 1.52. The van der Waals surface area contributed by atoms with Crippen LogP contribution in [0.5, 0.6) is 0 Å². The van der Waals surface area contributed by atoms with Crippen LogP contribution in [0, 0.1) is 6.92 Å². The Hall–Kier alpha value is -1.83. The molecule has 0 aliphatic rings. The van der Waals surface area contributed by atoms with Crippen LogP contribution in [-0.2, 0) is 24.5 Å². The predicted molar refractivity (Wildman–Crippen MR) is 71.2 cm³/mol. The SMILES string of the molecule is CCOCCn1c(=O)c2c(C(F)(F)F)cc(C)nc2n1C. The molecule has 2 heterocycles. The van der Waals surface area contributed by atoms with Gasteiger partial charge in [0.1, 0.15) is 0 Å². The highest BCUT2D eigenvalue weighted by molar-refractivity contribution is 5.79. The van der Waals surface area contributed by atoms with Crippen LogP contribution in [0.3, 0.4) is 0 Å². The van der Waals surface area contributed by atoms with Crippen molar-refractivity contribution in [2.24, 2.45) is 7.05 Å². The minimum Gasteiger partial charge on any atom is -0.380 e. The molecule has 0 bridgehead atoms. The Bertz CT molecular complexity index is 716. The summed E-state index contributed by atoms with van der Waals surface area (Å²) >= 11 is 0. The van der Waals surface area contributed by atoms with Crippen molar-refractivity contribution in [3.05, 3.63) is 27.7 Å². The number of nitrogens with zero attached hydrogens (tertiary/aromatic N) is 3. The first-order valence-corrected chi connectivity index (χ1v) is 6.49. The molecule has 116 valence electrons. The molecule has 0 spiro atoms. The van der Waals surface area contributed by atoms with Crippen molar-refractivity contribution in [1.29, 1.82) is 0 Å². The summed E-state index contributed by atoms with van der Waals surface area (Å²) in [5.74, 6) is 0. The molecule has 21 heavy (non-hydrogen) atoms. The molecule has 0 aliphatic heterocycles. The highest BCUT2D eigenvalue weighted by Gasteiger charge is 2.35. The molecule has 2 rings (SSSR count). The molecule has 0 saturated heterocycles. The molecule has 0 unspecified atom stereocenters. The molecule has 0 atom stereocenters. The first-order chi connectivity index (χ1) is 9.77. The molecule has 0 N–H and O–H groups in total. The Balaban J connectivity index is 2.68. The van der Waals surface area contributed by atoms with Gasteiger partial charge in [0.15, 0.2) is 5.65 Å². The number of rotatable bonds is 4. The van der Waals surface area contributed by atoms with Gasteiger partial charge in [0.05, 0.1) is 24.1 Å². The first-order valence-electron chi connectivity index (χ1n) is 6.49. The van der Waals surface area contributed by atoms with Gasteiger partial charge in [-0.3, -0.25) is 9.48 Å². The number of pyridine rings is 1. The zero-order valence-corrected chi connectivity index (χ0v) is 12.0. The van der Waals surface area contributed by atoms with E-state index >= 15 is 0 Å². The number of hydrogen-bond acceptors (Lipinski definition) is 3. The minimum absolute atomic E-state index is 0.0313. The molecule has 0 fully saturated rings. The Kier molecular flexibility index (Phi) is 4.08. The quantitative estimate of drug-likeness (QED) is 0.813. The summed E-state index contributed by atoms with van der Waals surface area (Å²) in [5, 5.41) is -0.396. The van der Waals surface area contributed by atoms with Gasteiger partial charge < -0.3 is 4.74 Å². The Morgan fingerprint density at radius 2 is 2.05 bits per heavy atom. The van der Waals surface area contributed by atoms with Crippen molar-refractivity contribution in [2.75, 3.05) is 13.2 Å². The van der Waals surface area contributed by atoms with E-state index in [2.05, 4.69) is 4.98 Å². The molecule has 0 saturated carbocycles. The Morgan fingerprint density at radius 3 is 2.62 bits per heavy atom. The lowest BCUT2D eigenvalue weighted by Gasteiger charge is -2.08. The van der Waals surface area contributed by atoms with Crippen molar-refractivity contribution in [2.45, 2.75) is 26.6 Å². The van der Waals surface area contributed by atoms with Crippen LogP contribution in [-0.4, -0.2) is 27.6 Å². The predicted octanol–water partition coefficient (Wildman–Crippen LogP) is 2.10. The van der Waals surface area contributed by atoms with E-state index in [0.29, 0.717) is 6.61 Å². The van der Waals surface area contributed by atoms with Crippen molar-refractivity contribution in [3.63, 3.8) is 0 Å². The molecular weight excluding hydrogens is 287 g/mol. The maximum absolute atomic E-state index is 13.1. The lowest BCUT2D eigenvalue weighted by Crippen LogP contribution is -2.24. The Labute approximate surface area is 118 Å². The van der Waals surface area contributed by atoms with Crippen molar-refractivity contribution in [1.82, 2.24) is 14.3 Å².